The van der Waals surface area contributed by atoms with E-state index in [1.165, 1.54) is 4.88 Å². The number of hydrogen-bond donors (Lipinski definition) is 1. The van der Waals surface area contributed by atoms with Crippen LogP contribution in [0.1, 0.15) is 18.2 Å². The Kier molecular flexibility index (Phi) is 4.78. The zero-order valence-electron chi connectivity index (χ0n) is 9.27. The number of carbonyl (C=O) groups excluding carboxylic acids is 1. The molecule has 0 bridgehead atoms. The molecule has 84 valence electrons. The molecular weight excluding hydrogens is 208 g/mol. The minimum Gasteiger partial charge on any atom is -0.345 e. The van der Waals surface area contributed by atoms with Gasteiger partial charge in [-0.2, -0.15) is 0 Å². The molecule has 4 heteroatoms. The van der Waals surface area contributed by atoms with Crippen LogP contribution in [0.5, 0.6) is 0 Å². The van der Waals surface area contributed by atoms with E-state index in [2.05, 4.69) is 11.4 Å². The van der Waals surface area contributed by atoms with Gasteiger partial charge in [0.05, 0.1) is 0 Å². The number of thiophene rings is 1. The van der Waals surface area contributed by atoms with E-state index >= 15 is 0 Å². The fourth-order valence-corrected chi connectivity index (χ4v) is 1.99. The lowest BCUT2D eigenvalue weighted by molar-refractivity contribution is -0.130. The van der Waals surface area contributed by atoms with Gasteiger partial charge < -0.3 is 10.6 Å². The largest absolute Gasteiger partial charge is 0.345 e. The Bertz CT molecular complexity index is 296. The van der Waals surface area contributed by atoms with Gasteiger partial charge in [0.1, 0.15) is 0 Å². The van der Waals surface area contributed by atoms with Crippen LogP contribution in [-0.4, -0.2) is 30.4 Å². The molecule has 1 aromatic rings. The second-order valence-corrected chi connectivity index (χ2v) is 4.86. The summed E-state index contributed by atoms with van der Waals surface area (Å²) in [6, 6.07) is 4.07. The summed E-state index contributed by atoms with van der Waals surface area (Å²) in [7, 11) is 1.83. The van der Waals surface area contributed by atoms with E-state index in [0.717, 1.165) is 13.0 Å². The van der Waals surface area contributed by atoms with Crippen molar-refractivity contribution in [1.82, 2.24) is 4.90 Å². The SMILES string of the molecule is CC(N)CC(=O)N(C)CCc1cccs1. The Morgan fingerprint density at radius 1 is 1.67 bits per heavy atom. The smallest absolute Gasteiger partial charge is 0.223 e. The van der Waals surface area contributed by atoms with Gasteiger partial charge in [-0.05, 0) is 24.8 Å². The number of amides is 1. The highest BCUT2D eigenvalue weighted by atomic mass is 32.1. The van der Waals surface area contributed by atoms with Crippen molar-refractivity contribution in [2.75, 3.05) is 13.6 Å². The van der Waals surface area contributed by atoms with Crippen LogP contribution >= 0.6 is 11.3 Å². The predicted molar refractivity (Wildman–Crippen MR) is 63.9 cm³/mol. The summed E-state index contributed by atoms with van der Waals surface area (Å²) >= 11 is 1.73. The van der Waals surface area contributed by atoms with E-state index in [9.17, 15) is 4.79 Å². The van der Waals surface area contributed by atoms with Crippen LogP contribution in [0.4, 0.5) is 0 Å². The maximum absolute atomic E-state index is 11.6. The Labute approximate surface area is 94.9 Å². The summed E-state index contributed by atoms with van der Waals surface area (Å²) in [6.45, 7) is 2.62. The summed E-state index contributed by atoms with van der Waals surface area (Å²) in [6.07, 6.45) is 1.36. The maximum Gasteiger partial charge on any atom is 0.223 e. The lowest BCUT2D eigenvalue weighted by Crippen LogP contribution is -2.33. The molecule has 1 rings (SSSR count). The van der Waals surface area contributed by atoms with Crippen LogP contribution < -0.4 is 5.73 Å². The average Bonchev–Trinajstić information content (AvgIpc) is 2.65. The van der Waals surface area contributed by atoms with Gasteiger partial charge in [0.2, 0.25) is 5.91 Å². The van der Waals surface area contributed by atoms with Crippen molar-refractivity contribution >= 4 is 17.2 Å². The second kappa shape index (κ2) is 5.88. The molecule has 0 saturated carbocycles. The standard InChI is InChI=1S/C11H18N2OS/c1-9(12)8-11(14)13(2)6-5-10-4-3-7-15-10/h3-4,7,9H,5-6,8,12H2,1-2H3. The molecule has 1 heterocycles. The van der Waals surface area contributed by atoms with E-state index in [4.69, 9.17) is 5.73 Å². The Morgan fingerprint density at radius 3 is 2.93 bits per heavy atom. The van der Waals surface area contributed by atoms with Gasteiger partial charge in [-0.25, -0.2) is 0 Å². The van der Waals surface area contributed by atoms with Crippen LogP contribution in [0.2, 0.25) is 0 Å². The van der Waals surface area contributed by atoms with E-state index in [1.807, 2.05) is 20.0 Å². The number of rotatable bonds is 5. The summed E-state index contributed by atoms with van der Waals surface area (Å²) < 4.78 is 0. The highest BCUT2D eigenvalue weighted by Crippen LogP contribution is 2.09. The van der Waals surface area contributed by atoms with Crippen LogP contribution in [-0.2, 0) is 11.2 Å². The van der Waals surface area contributed by atoms with Gasteiger partial charge in [-0.1, -0.05) is 6.07 Å². The Balaban J connectivity index is 2.29. The van der Waals surface area contributed by atoms with E-state index in [1.54, 1.807) is 16.2 Å². The van der Waals surface area contributed by atoms with Crippen molar-refractivity contribution < 1.29 is 4.79 Å². The molecule has 0 aliphatic carbocycles. The lowest BCUT2D eigenvalue weighted by Gasteiger charge is -2.17. The molecule has 1 aromatic heterocycles. The molecule has 0 aromatic carbocycles. The second-order valence-electron chi connectivity index (χ2n) is 3.83. The third kappa shape index (κ3) is 4.44. The zero-order chi connectivity index (χ0) is 11.3. The van der Waals surface area contributed by atoms with Gasteiger partial charge in [0, 0.05) is 30.9 Å². The van der Waals surface area contributed by atoms with Crippen molar-refractivity contribution in [3.05, 3.63) is 22.4 Å². The van der Waals surface area contributed by atoms with Gasteiger partial charge in [-0.15, -0.1) is 11.3 Å². The summed E-state index contributed by atoms with van der Waals surface area (Å²) in [5.41, 5.74) is 5.58. The third-order valence-corrected chi connectivity index (χ3v) is 3.13. The minimum absolute atomic E-state index is 0.0540. The minimum atomic E-state index is -0.0540. The van der Waals surface area contributed by atoms with E-state index in [-0.39, 0.29) is 11.9 Å². The molecular formula is C11H18N2OS. The third-order valence-electron chi connectivity index (χ3n) is 2.20. The van der Waals surface area contributed by atoms with Crippen molar-refractivity contribution in [3.8, 4) is 0 Å². The van der Waals surface area contributed by atoms with Crippen LogP contribution in [0, 0.1) is 0 Å². The molecule has 0 saturated heterocycles. The predicted octanol–water partition coefficient (Wildman–Crippen LogP) is 1.49. The molecule has 0 aliphatic heterocycles. The van der Waals surface area contributed by atoms with Crippen molar-refractivity contribution in [1.29, 1.82) is 0 Å². The summed E-state index contributed by atoms with van der Waals surface area (Å²) in [4.78, 5) is 14.6. The van der Waals surface area contributed by atoms with Gasteiger partial charge >= 0.3 is 0 Å². The van der Waals surface area contributed by atoms with Crippen LogP contribution in [0.3, 0.4) is 0 Å². The van der Waals surface area contributed by atoms with E-state index in [0.29, 0.717) is 6.42 Å². The number of likely N-dealkylation sites (N-methyl/N-ethyl adjacent to an activating group) is 1. The maximum atomic E-state index is 11.6. The number of nitrogens with zero attached hydrogens (tertiary/aromatic N) is 1. The molecule has 1 amide bonds. The zero-order valence-corrected chi connectivity index (χ0v) is 10.1. The Hall–Kier alpha value is -0.870. The summed E-state index contributed by atoms with van der Waals surface area (Å²) in [5, 5.41) is 2.05. The van der Waals surface area contributed by atoms with E-state index < -0.39 is 0 Å². The first-order valence-corrected chi connectivity index (χ1v) is 5.99. The highest BCUT2D eigenvalue weighted by Gasteiger charge is 2.10. The lowest BCUT2D eigenvalue weighted by atomic mass is 10.2. The molecule has 15 heavy (non-hydrogen) atoms. The van der Waals surface area contributed by atoms with Crippen LogP contribution in [0.25, 0.3) is 0 Å². The topological polar surface area (TPSA) is 46.3 Å². The van der Waals surface area contributed by atoms with Crippen LogP contribution in [0.15, 0.2) is 17.5 Å². The summed E-state index contributed by atoms with van der Waals surface area (Å²) in [5.74, 6) is 0.126. The molecule has 1 atom stereocenters. The fourth-order valence-electron chi connectivity index (χ4n) is 1.29. The number of nitrogens with two attached hydrogens (primary N) is 1. The van der Waals surface area contributed by atoms with Gasteiger partial charge in [0.25, 0.3) is 0 Å². The normalized spacial score (nSPS) is 12.5. The first-order valence-electron chi connectivity index (χ1n) is 5.11. The Morgan fingerprint density at radius 2 is 2.40 bits per heavy atom. The molecule has 0 aliphatic rings. The fraction of sp³-hybridized carbons (Fsp3) is 0.545. The van der Waals surface area contributed by atoms with Crippen molar-refractivity contribution in [3.63, 3.8) is 0 Å². The number of hydrogen-bond acceptors (Lipinski definition) is 3. The quantitative estimate of drug-likeness (QED) is 0.826. The molecule has 0 fully saturated rings. The molecule has 0 spiro atoms. The number of carbonyl (C=O) groups is 1. The molecule has 3 nitrogen and oxygen atoms in total. The molecule has 1 unspecified atom stereocenters. The molecule has 2 N–H and O–H groups in total. The first-order chi connectivity index (χ1) is 7.09. The van der Waals surface area contributed by atoms with Gasteiger partial charge in [-0.3, -0.25) is 4.79 Å². The van der Waals surface area contributed by atoms with Gasteiger partial charge in [0.15, 0.2) is 0 Å². The molecule has 0 radical (unpaired) electrons. The van der Waals surface area contributed by atoms with Crippen molar-refractivity contribution in [2.45, 2.75) is 25.8 Å². The first kappa shape index (κ1) is 12.2. The highest BCUT2D eigenvalue weighted by molar-refractivity contribution is 7.09. The monoisotopic (exact) mass is 226 g/mol. The van der Waals surface area contributed by atoms with Crippen molar-refractivity contribution in [2.24, 2.45) is 5.73 Å². The average molecular weight is 226 g/mol.